The van der Waals surface area contributed by atoms with Crippen LogP contribution in [0, 0.1) is 5.41 Å². The van der Waals surface area contributed by atoms with Gasteiger partial charge in [0.2, 0.25) is 0 Å². The fourth-order valence-corrected chi connectivity index (χ4v) is 3.48. The van der Waals surface area contributed by atoms with E-state index in [1.54, 1.807) is 20.3 Å². The van der Waals surface area contributed by atoms with Crippen molar-refractivity contribution in [2.45, 2.75) is 27.7 Å². The zero-order chi connectivity index (χ0) is 22.9. The maximum absolute atomic E-state index is 12.4. The van der Waals surface area contributed by atoms with Gasteiger partial charge in [-0.05, 0) is 48.0 Å². The Balaban J connectivity index is 0.00000512. The molecule has 0 aliphatic rings. The first-order chi connectivity index (χ1) is 14.8. The van der Waals surface area contributed by atoms with Gasteiger partial charge in [0.1, 0.15) is 0 Å². The van der Waals surface area contributed by atoms with E-state index in [4.69, 9.17) is 14.2 Å². The lowest BCUT2D eigenvalue weighted by atomic mass is 9.94. The smallest absolute Gasteiger partial charge is 0.330 e. The average molecular weight is 462 g/mol. The molecule has 176 valence electrons. The molecule has 2 aromatic rings. The van der Waals surface area contributed by atoms with E-state index in [0.29, 0.717) is 18.1 Å². The zero-order valence-corrected chi connectivity index (χ0v) is 20.8. The van der Waals surface area contributed by atoms with Crippen LogP contribution in [-0.4, -0.2) is 51.3 Å². The van der Waals surface area contributed by atoms with Gasteiger partial charge in [0.15, 0.2) is 11.5 Å². The van der Waals surface area contributed by atoms with Crippen LogP contribution in [0.5, 0.6) is 11.5 Å². The number of ether oxygens (including phenoxy) is 3. The van der Waals surface area contributed by atoms with E-state index >= 15 is 0 Å². The van der Waals surface area contributed by atoms with E-state index in [9.17, 15) is 4.79 Å². The molecule has 2 rings (SSSR count). The maximum atomic E-state index is 12.4. The van der Waals surface area contributed by atoms with Crippen molar-refractivity contribution in [1.29, 1.82) is 0 Å². The highest BCUT2D eigenvalue weighted by atomic mass is 35.5. The Kier molecular flexibility index (Phi) is 11.3. The Morgan fingerprint density at radius 3 is 2.28 bits per heavy atom. The summed E-state index contributed by atoms with van der Waals surface area (Å²) in [5.74, 6) is 0.999. The summed E-state index contributed by atoms with van der Waals surface area (Å²) < 4.78 is 16.3. The molecule has 0 aromatic heterocycles. The molecule has 0 fully saturated rings. The molecule has 0 amide bonds. The molecule has 0 aliphatic heterocycles. The van der Waals surface area contributed by atoms with E-state index in [0.717, 1.165) is 36.3 Å². The number of nitrogens with zero attached hydrogens (tertiary/aromatic N) is 1. The highest BCUT2D eigenvalue weighted by molar-refractivity contribution is 5.89. The SMILES string of the molecule is CCN(CC)CC(C)(C)COC(=O)/C=C/c1ccccc1-c1ccc(OC)c(OC)c1.Cl. The lowest BCUT2D eigenvalue weighted by Gasteiger charge is -2.30. The first kappa shape index (κ1) is 27.5. The van der Waals surface area contributed by atoms with Crippen molar-refractivity contribution in [3.63, 3.8) is 0 Å². The van der Waals surface area contributed by atoms with Gasteiger partial charge in [0, 0.05) is 18.0 Å². The normalized spacial score (nSPS) is 11.3. The van der Waals surface area contributed by atoms with Crippen LogP contribution < -0.4 is 9.47 Å². The summed E-state index contributed by atoms with van der Waals surface area (Å²) in [5, 5.41) is 0. The molecule has 0 spiro atoms. The Hall–Kier alpha value is -2.50. The van der Waals surface area contributed by atoms with Crippen LogP contribution in [0.1, 0.15) is 33.3 Å². The second-order valence-electron chi connectivity index (χ2n) is 8.22. The van der Waals surface area contributed by atoms with Crippen LogP contribution in [0.15, 0.2) is 48.5 Å². The molecule has 0 aliphatic carbocycles. The summed E-state index contributed by atoms with van der Waals surface area (Å²) in [6.07, 6.45) is 3.29. The Morgan fingerprint density at radius 1 is 1.00 bits per heavy atom. The number of hydrogen-bond donors (Lipinski definition) is 0. The van der Waals surface area contributed by atoms with Crippen LogP contribution in [0.25, 0.3) is 17.2 Å². The predicted octanol–water partition coefficient (Wildman–Crippen LogP) is 5.72. The van der Waals surface area contributed by atoms with Gasteiger partial charge in [-0.25, -0.2) is 4.79 Å². The Bertz CT molecular complexity index is 891. The van der Waals surface area contributed by atoms with E-state index < -0.39 is 0 Å². The molecule has 0 heterocycles. The lowest BCUT2D eigenvalue weighted by Crippen LogP contribution is -2.37. The van der Waals surface area contributed by atoms with Crippen molar-refractivity contribution in [2.75, 3.05) is 40.5 Å². The largest absolute Gasteiger partial charge is 0.493 e. The van der Waals surface area contributed by atoms with Gasteiger partial charge < -0.3 is 19.1 Å². The number of halogens is 1. The van der Waals surface area contributed by atoms with E-state index in [1.807, 2.05) is 42.5 Å². The minimum absolute atomic E-state index is 0. The first-order valence-electron chi connectivity index (χ1n) is 10.7. The molecule has 0 unspecified atom stereocenters. The van der Waals surface area contributed by atoms with Crippen molar-refractivity contribution >= 4 is 24.5 Å². The summed E-state index contributed by atoms with van der Waals surface area (Å²) >= 11 is 0. The molecule has 0 bridgehead atoms. The van der Waals surface area contributed by atoms with Crippen molar-refractivity contribution in [1.82, 2.24) is 4.90 Å². The summed E-state index contributed by atoms with van der Waals surface area (Å²) in [6, 6.07) is 13.7. The first-order valence-corrected chi connectivity index (χ1v) is 10.7. The molecule has 0 N–H and O–H groups in total. The molecule has 2 aromatic carbocycles. The van der Waals surface area contributed by atoms with E-state index in [2.05, 4.69) is 32.6 Å². The molecule has 0 atom stereocenters. The third kappa shape index (κ3) is 7.88. The number of rotatable bonds is 11. The van der Waals surface area contributed by atoms with Gasteiger partial charge >= 0.3 is 5.97 Å². The molecule has 5 nitrogen and oxygen atoms in total. The Morgan fingerprint density at radius 2 is 1.66 bits per heavy atom. The van der Waals surface area contributed by atoms with Gasteiger partial charge in [0.05, 0.1) is 20.8 Å². The number of benzene rings is 2. The Labute approximate surface area is 198 Å². The van der Waals surface area contributed by atoms with E-state index in [1.165, 1.54) is 6.08 Å². The lowest BCUT2D eigenvalue weighted by molar-refractivity contribution is -0.141. The monoisotopic (exact) mass is 461 g/mol. The molecule has 0 saturated carbocycles. The van der Waals surface area contributed by atoms with Crippen LogP contribution in [0.2, 0.25) is 0 Å². The minimum Gasteiger partial charge on any atom is -0.493 e. The number of carbonyl (C=O) groups excluding carboxylic acids is 1. The van der Waals surface area contributed by atoms with Gasteiger partial charge in [0.25, 0.3) is 0 Å². The van der Waals surface area contributed by atoms with Crippen molar-refractivity contribution in [2.24, 2.45) is 5.41 Å². The van der Waals surface area contributed by atoms with Crippen LogP contribution in [-0.2, 0) is 9.53 Å². The van der Waals surface area contributed by atoms with Gasteiger partial charge in [-0.3, -0.25) is 0 Å². The van der Waals surface area contributed by atoms with Crippen molar-refractivity contribution < 1.29 is 19.0 Å². The summed E-state index contributed by atoms with van der Waals surface area (Å²) in [4.78, 5) is 14.7. The molecular formula is C26H36ClNO4. The maximum Gasteiger partial charge on any atom is 0.330 e. The number of carbonyl (C=O) groups is 1. The summed E-state index contributed by atoms with van der Waals surface area (Å²) in [5.41, 5.74) is 2.79. The third-order valence-electron chi connectivity index (χ3n) is 5.21. The molecule has 0 radical (unpaired) electrons. The quantitative estimate of drug-likeness (QED) is 0.316. The van der Waals surface area contributed by atoms with Gasteiger partial charge in [-0.1, -0.05) is 58.0 Å². The fraction of sp³-hybridized carbons (Fsp3) is 0.423. The molecule has 6 heteroatoms. The highest BCUT2D eigenvalue weighted by Gasteiger charge is 2.22. The van der Waals surface area contributed by atoms with E-state index in [-0.39, 0.29) is 23.8 Å². The average Bonchev–Trinajstić information content (AvgIpc) is 2.79. The molecule has 0 saturated heterocycles. The van der Waals surface area contributed by atoms with Gasteiger partial charge in [-0.2, -0.15) is 0 Å². The topological polar surface area (TPSA) is 48.0 Å². The minimum atomic E-state index is -0.338. The second-order valence-corrected chi connectivity index (χ2v) is 8.22. The molecular weight excluding hydrogens is 426 g/mol. The highest BCUT2D eigenvalue weighted by Crippen LogP contribution is 2.34. The van der Waals surface area contributed by atoms with Crippen LogP contribution in [0.3, 0.4) is 0 Å². The number of esters is 1. The molecule has 32 heavy (non-hydrogen) atoms. The van der Waals surface area contributed by atoms with Crippen molar-refractivity contribution in [3.05, 3.63) is 54.1 Å². The van der Waals surface area contributed by atoms with Crippen LogP contribution in [0.4, 0.5) is 0 Å². The fourth-order valence-electron chi connectivity index (χ4n) is 3.48. The van der Waals surface area contributed by atoms with Crippen molar-refractivity contribution in [3.8, 4) is 22.6 Å². The predicted molar refractivity (Wildman–Crippen MR) is 134 cm³/mol. The zero-order valence-electron chi connectivity index (χ0n) is 20.0. The summed E-state index contributed by atoms with van der Waals surface area (Å²) in [7, 11) is 3.23. The summed E-state index contributed by atoms with van der Waals surface area (Å²) in [6.45, 7) is 11.8. The number of methoxy groups -OCH3 is 2. The van der Waals surface area contributed by atoms with Crippen LogP contribution >= 0.6 is 12.4 Å². The standard InChI is InChI=1S/C26H35NO4.ClH/c1-7-27(8-2)18-26(3,4)19-31-25(28)16-14-20-11-9-10-12-22(20)21-13-15-23(29-5)24(17-21)30-6;/h9-17H,7-8,18-19H2,1-6H3;1H/b16-14+;. The second kappa shape index (κ2) is 13.1. The van der Waals surface area contributed by atoms with Gasteiger partial charge in [-0.15, -0.1) is 12.4 Å². The third-order valence-corrected chi connectivity index (χ3v) is 5.21. The number of hydrogen-bond acceptors (Lipinski definition) is 5.